The van der Waals surface area contributed by atoms with Gasteiger partial charge in [-0.2, -0.15) is 13.2 Å². The number of alkyl halides is 3. The Labute approximate surface area is 87.6 Å². The van der Waals surface area contributed by atoms with Gasteiger partial charge in [0.2, 0.25) is 0 Å². The monoisotopic (exact) mass is 236 g/mol. The maximum atomic E-state index is 12.0. The number of carbonyl (C=O) groups is 1. The van der Waals surface area contributed by atoms with Gasteiger partial charge in [0.15, 0.2) is 11.5 Å². The van der Waals surface area contributed by atoms with Crippen molar-refractivity contribution in [1.29, 1.82) is 0 Å². The van der Waals surface area contributed by atoms with Crippen molar-refractivity contribution in [3.8, 4) is 11.5 Å². The van der Waals surface area contributed by atoms with E-state index in [0.29, 0.717) is 12.1 Å². The van der Waals surface area contributed by atoms with Crippen LogP contribution in [0.3, 0.4) is 0 Å². The molecule has 0 atom stereocenters. The molecule has 7 heteroatoms. The average molecular weight is 236 g/mol. The molecule has 0 amide bonds. The van der Waals surface area contributed by atoms with E-state index in [1.165, 1.54) is 0 Å². The Kier molecular flexibility index (Phi) is 2.97. The first-order valence-corrected chi connectivity index (χ1v) is 4.05. The predicted octanol–water partition coefficient (Wildman–Crippen LogP) is 1.90. The molecule has 16 heavy (non-hydrogen) atoms. The van der Waals surface area contributed by atoms with Crippen LogP contribution < -0.4 is 0 Å². The maximum Gasteiger partial charge on any atom is 0.393 e. The number of hydrogen-bond acceptors (Lipinski definition) is 3. The Balaban J connectivity index is 3.19. The third kappa shape index (κ3) is 2.78. The largest absolute Gasteiger partial charge is 0.504 e. The van der Waals surface area contributed by atoms with Gasteiger partial charge in [-0.25, -0.2) is 4.79 Å². The van der Waals surface area contributed by atoms with Gasteiger partial charge in [0, 0.05) is 0 Å². The van der Waals surface area contributed by atoms with E-state index in [4.69, 9.17) is 15.3 Å². The lowest BCUT2D eigenvalue weighted by Gasteiger charge is -2.09. The van der Waals surface area contributed by atoms with Crippen molar-refractivity contribution in [2.45, 2.75) is 12.6 Å². The highest BCUT2D eigenvalue weighted by molar-refractivity contribution is 5.92. The highest BCUT2D eigenvalue weighted by atomic mass is 19.4. The summed E-state index contributed by atoms with van der Waals surface area (Å²) in [5.41, 5.74) is -1.19. The van der Waals surface area contributed by atoms with Crippen molar-refractivity contribution in [3.05, 3.63) is 23.3 Å². The van der Waals surface area contributed by atoms with Gasteiger partial charge in [0.1, 0.15) is 5.56 Å². The van der Waals surface area contributed by atoms with E-state index < -0.39 is 41.2 Å². The van der Waals surface area contributed by atoms with Crippen LogP contribution in [0.5, 0.6) is 11.5 Å². The smallest absolute Gasteiger partial charge is 0.393 e. The van der Waals surface area contributed by atoms with Crippen LogP contribution in [0.15, 0.2) is 12.1 Å². The first kappa shape index (κ1) is 12.2. The Morgan fingerprint density at radius 1 is 1.25 bits per heavy atom. The third-order valence-corrected chi connectivity index (χ3v) is 1.78. The lowest BCUT2D eigenvalue weighted by atomic mass is 10.1. The van der Waals surface area contributed by atoms with E-state index in [0.717, 1.165) is 0 Å². The van der Waals surface area contributed by atoms with Gasteiger partial charge in [0.25, 0.3) is 0 Å². The summed E-state index contributed by atoms with van der Waals surface area (Å²) < 4.78 is 36.0. The number of halogens is 3. The fourth-order valence-electron chi connectivity index (χ4n) is 1.17. The number of phenols is 2. The summed E-state index contributed by atoms with van der Waals surface area (Å²) in [6.07, 6.45) is -5.89. The molecule has 0 unspecified atom stereocenters. The Morgan fingerprint density at radius 3 is 2.25 bits per heavy atom. The molecule has 0 aliphatic rings. The van der Waals surface area contributed by atoms with E-state index in [-0.39, 0.29) is 0 Å². The number of carboxylic acids is 1. The minimum Gasteiger partial charge on any atom is -0.504 e. The van der Waals surface area contributed by atoms with Crippen LogP contribution in [-0.2, 0) is 6.42 Å². The van der Waals surface area contributed by atoms with Gasteiger partial charge in [0.05, 0.1) is 6.42 Å². The summed E-state index contributed by atoms with van der Waals surface area (Å²) in [5.74, 6) is -3.45. The molecule has 0 aromatic heterocycles. The molecule has 0 aliphatic carbocycles. The number of phenolic OH excluding ortho intramolecular Hbond substituents is 1. The Bertz CT molecular complexity index is 425. The fraction of sp³-hybridized carbons (Fsp3) is 0.222. The first-order chi connectivity index (χ1) is 7.20. The summed E-state index contributed by atoms with van der Waals surface area (Å²) >= 11 is 0. The fourth-order valence-corrected chi connectivity index (χ4v) is 1.17. The molecule has 0 heterocycles. The zero-order chi connectivity index (χ0) is 12.5. The maximum absolute atomic E-state index is 12.0. The second-order valence-corrected chi connectivity index (χ2v) is 3.11. The highest BCUT2D eigenvalue weighted by Gasteiger charge is 2.29. The molecule has 1 rings (SSSR count). The number of carboxylic acid groups (broad SMARTS) is 1. The van der Waals surface area contributed by atoms with Crippen molar-refractivity contribution in [2.24, 2.45) is 0 Å². The normalized spacial score (nSPS) is 11.4. The molecule has 0 fully saturated rings. The molecule has 0 spiro atoms. The van der Waals surface area contributed by atoms with Crippen molar-refractivity contribution < 1.29 is 33.3 Å². The second kappa shape index (κ2) is 3.92. The third-order valence-electron chi connectivity index (χ3n) is 1.78. The molecule has 0 saturated heterocycles. The lowest BCUT2D eigenvalue weighted by Crippen LogP contribution is -2.12. The molecule has 4 nitrogen and oxygen atoms in total. The first-order valence-electron chi connectivity index (χ1n) is 4.05. The van der Waals surface area contributed by atoms with E-state index in [1.807, 2.05) is 0 Å². The van der Waals surface area contributed by atoms with Crippen LogP contribution in [0.1, 0.15) is 15.9 Å². The van der Waals surface area contributed by atoms with Crippen molar-refractivity contribution in [3.63, 3.8) is 0 Å². The van der Waals surface area contributed by atoms with Crippen LogP contribution in [0.2, 0.25) is 0 Å². The number of aromatic carboxylic acids is 1. The zero-order valence-corrected chi connectivity index (χ0v) is 7.75. The van der Waals surface area contributed by atoms with Gasteiger partial charge in [-0.3, -0.25) is 0 Å². The summed E-state index contributed by atoms with van der Waals surface area (Å²) in [6.45, 7) is 0. The number of rotatable bonds is 2. The standard InChI is InChI=1S/C9H7F3O4/c10-9(11,12)3-4-1-5(8(15)16)7(14)6(13)2-4/h1-2,13-14H,3H2,(H,15,16). The van der Waals surface area contributed by atoms with Crippen LogP contribution in [0.4, 0.5) is 13.2 Å². The van der Waals surface area contributed by atoms with Gasteiger partial charge >= 0.3 is 12.1 Å². The van der Waals surface area contributed by atoms with Gasteiger partial charge in [-0.15, -0.1) is 0 Å². The summed E-state index contributed by atoms with van der Waals surface area (Å²) in [4.78, 5) is 10.5. The van der Waals surface area contributed by atoms with Crippen molar-refractivity contribution in [1.82, 2.24) is 0 Å². The zero-order valence-electron chi connectivity index (χ0n) is 7.75. The average Bonchev–Trinajstić information content (AvgIpc) is 2.07. The molecule has 1 aromatic carbocycles. The van der Waals surface area contributed by atoms with Crippen LogP contribution in [0, 0.1) is 0 Å². The topological polar surface area (TPSA) is 77.8 Å². The van der Waals surface area contributed by atoms with Gasteiger partial charge < -0.3 is 15.3 Å². The molecule has 3 N–H and O–H groups in total. The number of aromatic hydroxyl groups is 2. The lowest BCUT2D eigenvalue weighted by molar-refractivity contribution is -0.127. The van der Waals surface area contributed by atoms with Gasteiger partial charge in [-0.05, 0) is 17.7 Å². The van der Waals surface area contributed by atoms with Crippen LogP contribution in [-0.4, -0.2) is 27.5 Å². The Hall–Kier alpha value is -1.92. The van der Waals surface area contributed by atoms with E-state index in [2.05, 4.69) is 0 Å². The number of benzene rings is 1. The molecular formula is C9H7F3O4. The molecule has 0 radical (unpaired) electrons. The van der Waals surface area contributed by atoms with Gasteiger partial charge in [-0.1, -0.05) is 0 Å². The van der Waals surface area contributed by atoms with Crippen molar-refractivity contribution in [2.75, 3.05) is 0 Å². The number of hydrogen-bond donors (Lipinski definition) is 3. The molecule has 0 bridgehead atoms. The van der Waals surface area contributed by atoms with Crippen LogP contribution >= 0.6 is 0 Å². The van der Waals surface area contributed by atoms with E-state index in [1.54, 1.807) is 0 Å². The highest BCUT2D eigenvalue weighted by Crippen LogP contribution is 2.32. The molecule has 1 aromatic rings. The molecule has 0 saturated carbocycles. The summed E-state index contributed by atoms with van der Waals surface area (Å²) in [7, 11) is 0. The van der Waals surface area contributed by atoms with Crippen LogP contribution in [0.25, 0.3) is 0 Å². The quantitative estimate of drug-likeness (QED) is 0.685. The summed E-state index contributed by atoms with van der Waals surface area (Å²) in [6, 6.07) is 1.35. The molecule has 88 valence electrons. The van der Waals surface area contributed by atoms with E-state index >= 15 is 0 Å². The van der Waals surface area contributed by atoms with E-state index in [9.17, 15) is 18.0 Å². The predicted molar refractivity (Wildman–Crippen MR) is 46.5 cm³/mol. The second-order valence-electron chi connectivity index (χ2n) is 3.11. The molecule has 0 aliphatic heterocycles. The minimum atomic E-state index is -4.51. The minimum absolute atomic E-state index is 0.430. The molecular weight excluding hydrogens is 229 g/mol. The summed E-state index contributed by atoms with van der Waals surface area (Å²) in [5, 5.41) is 26.7. The van der Waals surface area contributed by atoms with Crippen molar-refractivity contribution >= 4 is 5.97 Å². The Morgan fingerprint density at radius 2 is 1.81 bits per heavy atom. The SMILES string of the molecule is O=C(O)c1cc(CC(F)(F)F)cc(O)c1O.